The van der Waals surface area contributed by atoms with Gasteiger partial charge in [0, 0.05) is 18.0 Å². The third-order valence-corrected chi connectivity index (χ3v) is 5.82. The Kier molecular flexibility index (Phi) is 7.93. The first-order valence-electron chi connectivity index (χ1n) is 9.96. The van der Waals surface area contributed by atoms with Crippen molar-refractivity contribution < 1.29 is 22.4 Å². The first-order chi connectivity index (χ1) is 15.2. The highest BCUT2D eigenvalue weighted by Crippen LogP contribution is 2.32. The normalized spacial score (nSPS) is 11.6. The van der Waals surface area contributed by atoms with Crippen molar-refractivity contribution in [3.63, 3.8) is 0 Å². The molecule has 0 heterocycles. The van der Waals surface area contributed by atoms with Crippen LogP contribution in [0.25, 0.3) is 11.1 Å². The van der Waals surface area contributed by atoms with E-state index in [-0.39, 0.29) is 18.3 Å². The van der Waals surface area contributed by atoms with Gasteiger partial charge in [0.1, 0.15) is 5.82 Å². The number of rotatable bonds is 8. The summed E-state index contributed by atoms with van der Waals surface area (Å²) in [7, 11) is 0. The molecule has 0 aliphatic heterocycles. The minimum Gasteiger partial charge on any atom is -0.351 e. The molecular formula is C24H22F4N2OS. The van der Waals surface area contributed by atoms with Gasteiger partial charge >= 0.3 is 6.18 Å². The molecule has 0 radical (unpaired) electrons. The average Bonchev–Trinajstić information content (AvgIpc) is 2.78. The molecule has 0 aliphatic carbocycles. The predicted octanol–water partition coefficient (Wildman–Crippen LogP) is 6.16. The second kappa shape index (κ2) is 10.7. The fraction of sp³-hybridized carbons (Fsp3) is 0.208. The highest BCUT2D eigenvalue weighted by atomic mass is 32.2. The van der Waals surface area contributed by atoms with Gasteiger partial charge in [-0.15, -0.1) is 0 Å². The maximum Gasteiger partial charge on any atom is 0.416 e. The van der Waals surface area contributed by atoms with E-state index in [1.807, 2.05) is 11.2 Å². The van der Waals surface area contributed by atoms with E-state index in [9.17, 15) is 22.4 Å². The quantitative estimate of drug-likeness (QED) is 0.322. The van der Waals surface area contributed by atoms with Gasteiger partial charge in [0.05, 0.1) is 12.1 Å². The van der Waals surface area contributed by atoms with Crippen LogP contribution in [0.1, 0.15) is 18.1 Å². The topological polar surface area (TPSA) is 32.3 Å². The summed E-state index contributed by atoms with van der Waals surface area (Å²) in [6.07, 6.45) is -4.39. The van der Waals surface area contributed by atoms with Crippen LogP contribution in [-0.4, -0.2) is 23.3 Å². The summed E-state index contributed by atoms with van der Waals surface area (Å²) in [4.78, 5) is 13.2. The average molecular weight is 463 g/mol. The van der Waals surface area contributed by atoms with Crippen LogP contribution in [0.5, 0.6) is 0 Å². The van der Waals surface area contributed by atoms with Crippen molar-refractivity contribution in [2.75, 3.05) is 13.1 Å². The molecule has 0 saturated heterocycles. The molecule has 32 heavy (non-hydrogen) atoms. The highest BCUT2D eigenvalue weighted by molar-refractivity contribution is 7.97. The Morgan fingerprint density at radius 2 is 1.66 bits per heavy atom. The Bertz CT molecular complexity index is 1040. The number of likely N-dealkylation sites (N-methyl/N-ethyl adjacent to an activating group) is 1. The van der Waals surface area contributed by atoms with Crippen LogP contribution in [-0.2, 0) is 17.5 Å². The zero-order valence-corrected chi connectivity index (χ0v) is 18.1. The van der Waals surface area contributed by atoms with Crippen molar-refractivity contribution in [2.45, 2.75) is 24.5 Å². The number of nitrogens with one attached hydrogen (secondary N) is 1. The molecule has 0 saturated carbocycles. The predicted molar refractivity (Wildman–Crippen MR) is 118 cm³/mol. The third kappa shape index (κ3) is 6.83. The number of nitrogens with zero attached hydrogens (tertiary/aromatic N) is 1. The number of alkyl halides is 3. The van der Waals surface area contributed by atoms with E-state index in [1.165, 1.54) is 30.1 Å². The Morgan fingerprint density at radius 1 is 0.969 bits per heavy atom. The number of benzene rings is 3. The molecule has 8 heteroatoms. The van der Waals surface area contributed by atoms with E-state index >= 15 is 0 Å². The Labute approximate surface area is 188 Å². The molecule has 0 aliphatic rings. The molecule has 168 valence electrons. The smallest absolute Gasteiger partial charge is 0.351 e. The van der Waals surface area contributed by atoms with Crippen molar-refractivity contribution in [1.82, 2.24) is 9.62 Å². The summed E-state index contributed by atoms with van der Waals surface area (Å²) >= 11 is 1.38. The first-order valence-corrected chi connectivity index (χ1v) is 10.7. The molecule has 0 spiro atoms. The van der Waals surface area contributed by atoms with Gasteiger partial charge in [-0.2, -0.15) is 13.2 Å². The Hall–Kier alpha value is -2.84. The molecule has 0 atom stereocenters. The standard InChI is InChI=1S/C24H22F4N2OS/c1-2-30(32-22-12-10-21(25)11-13-22)16-23(31)29-15-17-6-8-18(9-7-17)19-4-3-5-20(14-19)24(26,27)28/h3-14H,2,15-16H2,1H3,(H,29,31). The highest BCUT2D eigenvalue weighted by Gasteiger charge is 2.30. The Balaban J connectivity index is 1.54. The fourth-order valence-corrected chi connectivity index (χ4v) is 3.83. The lowest BCUT2D eigenvalue weighted by Gasteiger charge is -2.18. The van der Waals surface area contributed by atoms with Crippen molar-refractivity contribution in [3.8, 4) is 11.1 Å². The maximum absolute atomic E-state index is 13.0. The van der Waals surface area contributed by atoms with Crippen molar-refractivity contribution in [3.05, 3.63) is 89.7 Å². The molecule has 3 rings (SSSR count). The van der Waals surface area contributed by atoms with Crippen LogP contribution in [0.3, 0.4) is 0 Å². The summed E-state index contributed by atoms with van der Waals surface area (Å²) < 4.78 is 53.6. The second-order valence-electron chi connectivity index (χ2n) is 7.05. The second-order valence-corrected chi connectivity index (χ2v) is 8.22. The third-order valence-electron chi connectivity index (χ3n) is 4.69. The fourth-order valence-electron chi connectivity index (χ4n) is 2.96. The van der Waals surface area contributed by atoms with Crippen LogP contribution in [0.4, 0.5) is 17.6 Å². The summed E-state index contributed by atoms with van der Waals surface area (Å²) in [5.41, 5.74) is 1.29. The minimum atomic E-state index is -4.39. The number of hydrogen-bond donors (Lipinski definition) is 1. The number of amides is 1. The van der Waals surface area contributed by atoms with E-state index in [2.05, 4.69) is 5.32 Å². The van der Waals surface area contributed by atoms with Crippen molar-refractivity contribution >= 4 is 17.9 Å². The summed E-state index contributed by atoms with van der Waals surface area (Å²) in [5, 5.41) is 2.84. The van der Waals surface area contributed by atoms with E-state index in [0.29, 0.717) is 24.2 Å². The van der Waals surface area contributed by atoms with Gasteiger partial charge in [-0.25, -0.2) is 8.70 Å². The van der Waals surface area contributed by atoms with Gasteiger partial charge in [-0.05, 0) is 65.0 Å². The summed E-state index contributed by atoms with van der Waals surface area (Å²) in [6, 6.07) is 18.3. The number of carbonyl (C=O) groups is 1. The molecular weight excluding hydrogens is 440 g/mol. The molecule has 0 bridgehead atoms. The van der Waals surface area contributed by atoms with Gasteiger partial charge in [-0.1, -0.05) is 43.3 Å². The van der Waals surface area contributed by atoms with Crippen LogP contribution in [0.15, 0.2) is 77.7 Å². The first kappa shape index (κ1) is 23.8. The summed E-state index contributed by atoms with van der Waals surface area (Å²) in [5.74, 6) is -0.474. The van der Waals surface area contributed by atoms with Gasteiger partial charge in [0.2, 0.25) is 5.91 Å². The largest absolute Gasteiger partial charge is 0.416 e. The minimum absolute atomic E-state index is 0.164. The van der Waals surface area contributed by atoms with Crippen LogP contribution in [0.2, 0.25) is 0 Å². The summed E-state index contributed by atoms with van der Waals surface area (Å²) in [6.45, 7) is 3.03. The monoisotopic (exact) mass is 462 g/mol. The van der Waals surface area contributed by atoms with E-state index in [0.717, 1.165) is 22.6 Å². The van der Waals surface area contributed by atoms with Gasteiger partial charge in [-0.3, -0.25) is 4.79 Å². The van der Waals surface area contributed by atoms with Gasteiger partial charge in [0.15, 0.2) is 0 Å². The van der Waals surface area contributed by atoms with Crippen LogP contribution in [0, 0.1) is 5.82 Å². The Morgan fingerprint density at radius 3 is 2.28 bits per heavy atom. The molecule has 0 unspecified atom stereocenters. The number of hydrogen-bond acceptors (Lipinski definition) is 3. The number of carbonyl (C=O) groups excluding carboxylic acids is 1. The van der Waals surface area contributed by atoms with Crippen molar-refractivity contribution in [2.24, 2.45) is 0 Å². The lowest BCUT2D eigenvalue weighted by Crippen LogP contribution is -2.33. The van der Waals surface area contributed by atoms with Gasteiger partial charge in [0.25, 0.3) is 0 Å². The zero-order valence-electron chi connectivity index (χ0n) is 17.3. The molecule has 3 nitrogen and oxygen atoms in total. The molecule has 1 N–H and O–H groups in total. The van der Waals surface area contributed by atoms with E-state index < -0.39 is 11.7 Å². The molecule has 1 amide bonds. The van der Waals surface area contributed by atoms with Crippen LogP contribution >= 0.6 is 11.9 Å². The van der Waals surface area contributed by atoms with E-state index in [4.69, 9.17) is 0 Å². The number of halogens is 4. The van der Waals surface area contributed by atoms with Crippen molar-refractivity contribution in [1.29, 1.82) is 0 Å². The van der Waals surface area contributed by atoms with Gasteiger partial charge < -0.3 is 5.32 Å². The maximum atomic E-state index is 13.0. The molecule has 0 fully saturated rings. The lowest BCUT2D eigenvalue weighted by molar-refractivity contribution is -0.137. The van der Waals surface area contributed by atoms with E-state index in [1.54, 1.807) is 42.5 Å². The van der Waals surface area contributed by atoms with Crippen LogP contribution < -0.4 is 5.32 Å². The molecule has 3 aromatic carbocycles. The zero-order chi connectivity index (χ0) is 23.1. The molecule has 3 aromatic rings. The molecule has 0 aromatic heterocycles. The SMILES string of the molecule is CCN(CC(=O)NCc1ccc(-c2cccc(C(F)(F)F)c2)cc1)Sc1ccc(F)cc1. The lowest BCUT2D eigenvalue weighted by atomic mass is 10.0.